The highest BCUT2D eigenvalue weighted by Crippen LogP contribution is 2.28. The van der Waals surface area contributed by atoms with Crippen molar-refractivity contribution in [3.05, 3.63) is 54.6 Å². The first kappa shape index (κ1) is 13.0. The van der Waals surface area contributed by atoms with Crippen LogP contribution in [0.25, 0.3) is 0 Å². The molecule has 0 unspecified atom stereocenters. The molecule has 1 saturated carbocycles. The smallest absolute Gasteiger partial charge is 0.0620 e. The Labute approximate surface area is 121 Å². The number of anilines is 3. The maximum atomic E-state index is 3.71. The zero-order valence-corrected chi connectivity index (χ0v) is 11.8. The van der Waals surface area contributed by atoms with Gasteiger partial charge in [-0.3, -0.25) is 0 Å². The topological polar surface area (TPSA) is 24.1 Å². The van der Waals surface area contributed by atoms with E-state index in [-0.39, 0.29) is 0 Å². The zero-order valence-electron chi connectivity index (χ0n) is 11.8. The summed E-state index contributed by atoms with van der Waals surface area (Å²) in [7, 11) is 0. The summed E-state index contributed by atoms with van der Waals surface area (Å²) in [5.41, 5.74) is 3.50. The highest BCUT2D eigenvalue weighted by molar-refractivity contribution is 5.74. The minimum atomic E-state index is 0.627. The molecule has 1 aliphatic rings. The van der Waals surface area contributed by atoms with Crippen molar-refractivity contribution < 1.29 is 0 Å². The number of para-hydroxylation sites is 3. The van der Waals surface area contributed by atoms with Gasteiger partial charge in [0, 0.05) is 11.7 Å². The lowest BCUT2D eigenvalue weighted by atomic mass is 9.95. The van der Waals surface area contributed by atoms with Crippen LogP contribution in [0.5, 0.6) is 0 Å². The Morgan fingerprint density at radius 2 is 1.35 bits per heavy atom. The molecule has 0 saturated heterocycles. The van der Waals surface area contributed by atoms with E-state index in [9.17, 15) is 0 Å². The monoisotopic (exact) mass is 266 g/mol. The number of benzene rings is 2. The minimum absolute atomic E-state index is 0.627. The molecule has 0 aliphatic heterocycles. The lowest BCUT2D eigenvalue weighted by Crippen LogP contribution is -2.22. The van der Waals surface area contributed by atoms with Gasteiger partial charge in [0.25, 0.3) is 0 Å². The van der Waals surface area contributed by atoms with Gasteiger partial charge in [0.2, 0.25) is 0 Å². The first-order valence-corrected chi connectivity index (χ1v) is 7.59. The molecule has 0 atom stereocenters. The molecule has 2 aromatic carbocycles. The van der Waals surface area contributed by atoms with Crippen molar-refractivity contribution >= 4 is 17.1 Å². The van der Waals surface area contributed by atoms with Crippen molar-refractivity contribution in [2.45, 2.75) is 38.1 Å². The number of hydrogen-bond donors (Lipinski definition) is 2. The van der Waals surface area contributed by atoms with Crippen LogP contribution in [0, 0.1) is 0 Å². The van der Waals surface area contributed by atoms with Crippen LogP contribution >= 0.6 is 0 Å². The second kappa shape index (κ2) is 6.47. The van der Waals surface area contributed by atoms with E-state index in [0.29, 0.717) is 6.04 Å². The first-order chi connectivity index (χ1) is 9.92. The summed E-state index contributed by atoms with van der Waals surface area (Å²) >= 11 is 0. The third-order valence-corrected chi connectivity index (χ3v) is 3.94. The van der Waals surface area contributed by atoms with Gasteiger partial charge in [0.15, 0.2) is 0 Å². The fraction of sp³-hybridized carbons (Fsp3) is 0.333. The molecule has 0 radical (unpaired) electrons. The Morgan fingerprint density at radius 1 is 0.700 bits per heavy atom. The molecule has 2 N–H and O–H groups in total. The van der Waals surface area contributed by atoms with E-state index in [0.717, 1.165) is 11.4 Å². The van der Waals surface area contributed by atoms with Gasteiger partial charge in [-0.25, -0.2) is 0 Å². The van der Waals surface area contributed by atoms with Gasteiger partial charge in [0.1, 0.15) is 0 Å². The average molecular weight is 266 g/mol. The average Bonchev–Trinajstić information content (AvgIpc) is 2.51. The van der Waals surface area contributed by atoms with Gasteiger partial charge in [-0.05, 0) is 37.1 Å². The SMILES string of the molecule is c1ccc(Nc2ccccc2NC2CCCCC2)cc1. The maximum absolute atomic E-state index is 3.71. The van der Waals surface area contributed by atoms with Crippen molar-refractivity contribution in [3.63, 3.8) is 0 Å². The van der Waals surface area contributed by atoms with Crippen molar-refractivity contribution in [3.8, 4) is 0 Å². The van der Waals surface area contributed by atoms with E-state index < -0.39 is 0 Å². The molecule has 1 fully saturated rings. The van der Waals surface area contributed by atoms with E-state index in [1.807, 2.05) is 6.07 Å². The van der Waals surface area contributed by atoms with E-state index in [4.69, 9.17) is 0 Å². The second-order valence-corrected chi connectivity index (χ2v) is 5.52. The van der Waals surface area contributed by atoms with Crippen molar-refractivity contribution in [1.29, 1.82) is 0 Å². The molecule has 2 heteroatoms. The van der Waals surface area contributed by atoms with Crippen molar-refractivity contribution in [1.82, 2.24) is 0 Å². The Morgan fingerprint density at radius 3 is 2.10 bits per heavy atom. The highest BCUT2D eigenvalue weighted by Gasteiger charge is 2.14. The fourth-order valence-corrected chi connectivity index (χ4v) is 2.86. The molecule has 0 bridgehead atoms. The molecule has 0 amide bonds. The standard InChI is InChI=1S/C18H22N2/c1-3-9-15(10-4-1)19-17-13-7-8-14-18(17)20-16-11-5-2-6-12-16/h1,3-4,7-10,13-14,16,19-20H,2,5-6,11-12H2. The van der Waals surface area contributed by atoms with Crippen LogP contribution < -0.4 is 10.6 Å². The van der Waals surface area contributed by atoms with Crippen molar-refractivity contribution in [2.75, 3.05) is 10.6 Å². The molecule has 104 valence electrons. The second-order valence-electron chi connectivity index (χ2n) is 5.52. The molecule has 0 heterocycles. The van der Waals surface area contributed by atoms with Crippen molar-refractivity contribution in [2.24, 2.45) is 0 Å². The Bertz CT molecular complexity index is 530. The van der Waals surface area contributed by atoms with Crippen LogP contribution in [0.2, 0.25) is 0 Å². The summed E-state index contributed by atoms with van der Waals surface area (Å²) in [6.45, 7) is 0. The predicted molar refractivity (Wildman–Crippen MR) is 86.7 cm³/mol. The van der Waals surface area contributed by atoms with Crippen LogP contribution in [-0.4, -0.2) is 6.04 Å². The van der Waals surface area contributed by atoms with Crippen LogP contribution in [0.4, 0.5) is 17.1 Å². The lowest BCUT2D eigenvalue weighted by molar-refractivity contribution is 0.463. The number of hydrogen-bond acceptors (Lipinski definition) is 2. The molecule has 20 heavy (non-hydrogen) atoms. The third-order valence-electron chi connectivity index (χ3n) is 3.94. The van der Waals surface area contributed by atoms with Gasteiger partial charge in [0.05, 0.1) is 11.4 Å². The molecule has 0 aromatic heterocycles. The maximum Gasteiger partial charge on any atom is 0.0620 e. The first-order valence-electron chi connectivity index (χ1n) is 7.59. The zero-order chi connectivity index (χ0) is 13.6. The molecule has 3 rings (SSSR count). The fourth-order valence-electron chi connectivity index (χ4n) is 2.86. The molecule has 1 aliphatic carbocycles. The summed E-state index contributed by atoms with van der Waals surface area (Å²) in [5, 5.41) is 7.21. The van der Waals surface area contributed by atoms with Crippen LogP contribution in [0.1, 0.15) is 32.1 Å². The van der Waals surface area contributed by atoms with Gasteiger partial charge in [-0.1, -0.05) is 49.6 Å². The quantitative estimate of drug-likeness (QED) is 0.797. The summed E-state index contributed by atoms with van der Waals surface area (Å²) in [6, 6.07) is 19.4. The molecule has 0 spiro atoms. The Kier molecular flexibility index (Phi) is 4.22. The summed E-state index contributed by atoms with van der Waals surface area (Å²) in [4.78, 5) is 0. The van der Waals surface area contributed by atoms with E-state index in [1.165, 1.54) is 37.8 Å². The highest BCUT2D eigenvalue weighted by atomic mass is 15.0. The van der Waals surface area contributed by atoms with E-state index in [1.54, 1.807) is 0 Å². The van der Waals surface area contributed by atoms with Crippen LogP contribution in [0.3, 0.4) is 0 Å². The van der Waals surface area contributed by atoms with Crippen LogP contribution in [0.15, 0.2) is 54.6 Å². The van der Waals surface area contributed by atoms with Gasteiger partial charge in [-0.2, -0.15) is 0 Å². The van der Waals surface area contributed by atoms with E-state index >= 15 is 0 Å². The van der Waals surface area contributed by atoms with Gasteiger partial charge < -0.3 is 10.6 Å². The largest absolute Gasteiger partial charge is 0.381 e. The summed E-state index contributed by atoms with van der Waals surface area (Å²) in [5.74, 6) is 0. The predicted octanol–water partition coefficient (Wildman–Crippen LogP) is 5.17. The van der Waals surface area contributed by atoms with Gasteiger partial charge >= 0.3 is 0 Å². The van der Waals surface area contributed by atoms with Crippen LogP contribution in [-0.2, 0) is 0 Å². The Balaban J connectivity index is 1.74. The van der Waals surface area contributed by atoms with E-state index in [2.05, 4.69) is 59.2 Å². The normalized spacial score (nSPS) is 15.8. The Hall–Kier alpha value is -1.96. The van der Waals surface area contributed by atoms with Gasteiger partial charge in [-0.15, -0.1) is 0 Å². The number of nitrogens with one attached hydrogen (secondary N) is 2. The molecule has 2 aromatic rings. The lowest BCUT2D eigenvalue weighted by Gasteiger charge is -2.25. The molecular formula is C18H22N2. The number of rotatable bonds is 4. The minimum Gasteiger partial charge on any atom is -0.381 e. The molecule has 2 nitrogen and oxygen atoms in total. The molecular weight excluding hydrogens is 244 g/mol. The summed E-state index contributed by atoms with van der Waals surface area (Å²) < 4.78 is 0. The third kappa shape index (κ3) is 3.32. The summed E-state index contributed by atoms with van der Waals surface area (Å²) in [6.07, 6.45) is 6.68.